The van der Waals surface area contributed by atoms with Crippen molar-refractivity contribution in [2.45, 2.75) is 201 Å². The van der Waals surface area contributed by atoms with Gasteiger partial charge in [0.25, 0.3) is 0 Å². The van der Waals surface area contributed by atoms with Gasteiger partial charge in [-0.25, -0.2) is 0 Å². The van der Waals surface area contributed by atoms with E-state index < -0.39 is 6.29 Å². The van der Waals surface area contributed by atoms with Gasteiger partial charge in [-0.3, -0.25) is 14.4 Å². The fraction of sp³-hybridized carbons (Fsp3) is 0.756. The van der Waals surface area contributed by atoms with Crippen LogP contribution in [0.2, 0.25) is 0 Å². The van der Waals surface area contributed by atoms with Crippen LogP contribution in [0.5, 0.6) is 0 Å². The van der Waals surface area contributed by atoms with E-state index in [4.69, 9.17) is 23.7 Å². The molecule has 0 fully saturated rings. The molecular weight excluding hydrogens is 684 g/mol. The fourth-order valence-corrected chi connectivity index (χ4v) is 5.99. The summed E-state index contributed by atoms with van der Waals surface area (Å²) < 4.78 is 28.5. The Morgan fingerprint density at radius 3 is 1.52 bits per heavy atom. The van der Waals surface area contributed by atoms with Crippen LogP contribution in [-0.4, -0.2) is 49.1 Å². The molecule has 54 heavy (non-hydrogen) atoms. The highest BCUT2D eigenvalue weighted by atomic mass is 16.7. The number of allylic oxidation sites excluding steroid dienone is 1. The summed E-state index contributed by atoms with van der Waals surface area (Å²) in [5, 5.41) is 9.81. The third-order valence-electron chi connectivity index (χ3n) is 9.23. The number of ether oxygens (including phenoxy) is 5. The first-order valence-corrected chi connectivity index (χ1v) is 21.5. The summed E-state index contributed by atoms with van der Waals surface area (Å²) in [5.74, 6) is -0.864. The van der Waals surface area contributed by atoms with Crippen molar-refractivity contribution >= 4 is 17.9 Å². The number of unbranched alkanes of at least 4 members (excludes halogenated alkanes) is 15. The van der Waals surface area contributed by atoms with Crippen molar-refractivity contribution < 1.29 is 43.2 Å². The monoisotopic (exact) mass is 761 g/mol. The van der Waals surface area contributed by atoms with Crippen molar-refractivity contribution in [2.75, 3.05) is 19.8 Å². The maximum Gasteiger partial charge on any atom is 0.306 e. The van der Waals surface area contributed by atoms with Crippen molar-refractivity contribution in [1.29, 1.82) is 0 Å². The number of esters is 3. The van der Waals surface area contributed by atoms with Gasteiger partial charge in [-0.1, -0.05) is 129 Å². The molecule has 9 nitrogen and oxygen atoms in total. The van der Waals surface area contributed by atoms with Crippen LogP contribution in [0, 0.1) is 0 Å². The summed E-state index contributed by atoms with van der Waals surface area (Å²) in [6, 6.07) is 5.38. The molecule has 0 bridgehead atoms. The van der Waals surface area contributed by atoms with E-state index in [1.54, 1.807) is 12.1 Å². The first kappa shape index (κ1) is 49.3. The molecule has 0 unspecified atom stereocenters. The van der Waals surface area contributed by atoms with E-state index in [0.717, 1.165) is 44.9 Å². The number of hydrogen-bond donors (Lipinski definition) is 1. The van der Waals surface area contributed by atoms with E-state index in [1.165, 1.54) is 70.6 Å². The second-order valence-corrected chi connectivity index (χ2v) is 14.4. The molecule has 9 heteroatoms. The Bertz CT molecular complexity index is 1080. The average Bonchev–Trinajstić information content (AvgIpc) is 3.18. The Hall–Kier alpha value is -2.75. The van der Waals surface area contributed by atoms with Crippen molar-refractivity contribution in [2.24, 2.45) is 0 Å². The minimum absolute atomic E-state index is 0.0493. The highest BCUT2D eigenvalue weighted by molar-refractivity contribution is 5.70. The maximum absolute atomic E-state index is 12.7. The third kappa shape index (κ3) is 29.6. The zero-order chi connectivity index (χ0) is 39.3. The molecule has 1 N–H and O–H groups in total. The van der Waals surface area contributed by atoms with Gasteiger partial charge < -0.3 is 28.8 Å². The molecule has 0 saturated heterocycles. The summed E-state index contributed by atoms with van der Waals surface area (Å²) in [7, 11) is 0. The van der Waals surface area contributed by atoms with Gasteiger partial charge >= 0.3 is 17.9 Å². The molecule has 1 rings (SSSR count). The van der Waals surface area contributed by atoms with Gasteiger partial charge in [0.15, 0.2) is 6.29 Å². The lowest BCUT2D eigenvalue weighted by Crippen LogP contribution is -2.21. The van der Waals surface area contributed by atoms with Gasteiger partial charge in [-0.15, -0.1) is 0 Å². The molecule has 1 aromatic rings. The second-order valence-electron chi connectivity index (χ2n) is 14.4. The van der Waals surface area contributed by atoms with Crippen LogP contribution >= 0.6 is 0 Å². The van der Waals surface area contributed by atoms with Gasteiger partial charge in [0.05, 0.1) is 19.6 Å². The van der Waals surface area contributed by atoms with Crippen LogP contribution in [0.1, 0.15) is 192 Å². The quantitative estimate of drug-likeness (QED) is 0.0232. The Morgan fingerprint density at radius 1 is 0.519 bits per heavy atom. The standard InChI is InChI=1S/C45H76O9/c1-4-7-10-13-16-19-23-30-50-42(47)26-21-20-22-27-43(48)53-37-40-33-39(36-46)34-41(35-40)38-54-44(49)28-29-45(51-31-24-17-14-11-8-5-2)52-32-25-18-15-12-9-6-3/h16,19,33-35,45-46H,4-15,17-18,20-32,36-38H2,1-3H3. The normalized spacial score (nSPS) is 11.4. The van der Waals surface area contributed by atoms with Crippen molar-refractivity contribution in [1.82, 2.24) is 0 Å². The highest BCUT2D eigenvalue weighted by Crippen LogP contribution is 2.16. The van der Waals surface area contributed by atoms with Crippen LogP contribution in [-0.2, 0) is 57.9 Å². The van der Waals surface area contributed by atoms with E-state index in [2.05, 4.69) is 32.9 Å². The van der Waals surface area contributed by atoms with Crippen molar-refractivity contribution in [3.8, 4) is 0 Å². The number of carbonyl (C=O) groups is 3. The molecule has 0 spiro atoms. The summed E-state index contributed by atoms with van der Waals surface area (Å²) in [6.07, 6.45) is 26.7. The lowest BCUT2D eigenvalue weighted by Gasteiger charge is -2.19. The van der Waals surface area contributed by atoms with E-state index >= 15 is 0 Å². The molecule has 0 aromatic heterocycles. The third-order valence-corrected chi connectivity index (χ3v) is 9.23. The summed E-state index contributed by atoms with van der Waals surface area (Å²) in [5.41, 5.74) is 2.08. The molecular formula is C45H76O9. The van der Waals surface area contributed by atoms with Gasteiger partial charge in [0.2, 0.25) is 0 Å². The van der Waals surface area contributed by atoms with Gasteiger partial charge in [-0.05, 0) is 67.7 Å². The summed E-state index contributed by atoms with van der Waals surface area (Å²) in [4.78, 5) is 37.1. The van der Waals surface area contributed by atoms with Crippen LogP contribution in [0.4, 0.5) is 0 Å². The predicted molar refractivity (Wildman–Crippen MR) is 216 cm³/mol. The number of carbonyl (C=O) groups excluding carboxylic acids is 3. The zero-order valence-electron chi connectivity index (χ0n) is 34.4. The van der Waals surface area contributed by atoms with Gasteiger partial charge in [-0.2, -0.15) is 0 Å². The molecule has 0 aliphatic rings. The number of benzene rings is 1. The Kier molecular flexibility index (Phi) is 32.8. The minimum atomic E-state index is -0.429. The van der Waals surface area contributed by atoms with Crippen molar-refractivity contribution in [3.05, 3.63) is 47.0 Å². The smallest absolute Gasteiger partial charge is 0.306 e. The van der Waals surface area contributed by atoms with E-state index in [9.17, 15) is 19.5 Å². The summed E-state index contributed by atoms with van der Waals surface area (Å²) in [6.45, 7) is 8.19. The van der Waals surface area contributed by atoms with E-state index in [1.807, 2.05) is 6.07 Å². The Balaban J connectivity index is 2.40. The lowest BCUT2D eigenvalue weighted by atomic mass is 10.1. The van der Waals surface area contributed by atoms with Crippen LogP contribution in [0.15, 0.2) is 30.4 Å². The minimum Gasteiger partial charge on any atom is -0.465 e. The number of aliphatic hydroxyl groups is 1. The molecule has 1 aromatic carbocycles. The first-order chi connectivity index (χ1) is 26.4. The molecule has 0 heterocycles. The number of hydrogen-bond acceptors (Lipinski definition) is 9. The van der Waals surface area contributed by atoms with Crippen molar-refractivity contribution in [3.63, 3.8) is 0 Å². The van der Waals surface area contributed by atoms with Gasteiger partial charge in [0.1, 0.15) is 13.2 Å². The van der Waals surface area contributed by atoms with E-state index in [0.29, 0.717) is 62.2 Å². The van der Waals surface area contributed by atoms with E-state index in [-0.39, 0.29) is 50.6 Å². The highest BCUT2D eigenvalue weighted by Gasteiger charge is 2.14. The Labute approximate surface area is 328 Å². The zero-order valence-corrected chi connectivity index (χ0v) is 34.4. The lowest BCUT2D eigenvalue weighted by molar-refractivity contribution is -0.160. The van der Waals surface area contributed by atoms with Crippen LogP contribution in [0.3, 0.4) is 0 Å². The molecule has 310 valence electrons. The molecule has 0 atom stereocenters. The SMILES string of the molecule is CCCCCC=CCCOC(=O)CCCCCC(=O)OCc1cc(CO)cc(COC(=O)CCC(OCCCCCCCC)OCCCCCCCC)c1. The van der Waals surface area contributed by atoms with Gasteiger partial charge in [0, 0.05) is 32.5 Å². The number of rotatable bonds is 37. The Morgan fingerprint density at radius 2 is 0.963 bits per heavy atom. The average molecular weight is 761 g/mol. The first-order valence-electron chi connectivity index (χ1n) is 21.5. The number of aliphatic hydroxyl groups excluding tert-OH is 1. The molecule has 0 aliphatic carbocycles. The summed E-state index contributed by atoms with van der Waals surface area (Å²) >= 11 is 0. The largest absolute Gasteiger partial charge is 0.465 e. The van der Waals surface area contributed by atoms with Crippen LogP contribution < -0.4 is 0 Å². The molecule has 0 aliphatic heterocycles. The molecule has 0 radical (unpaired) electrons. The maximum atomic E-state index is 12.7. The van der Waals surface area contributed by atoms with Crippen LogP contribution in [0.25, 0.3) is 0 Å². The topological polar surface area (TPSA) is 118 Å². The predicted octanol–water partition coefficient (Wildman–Crippen LogP) is 11.1. The second kappa shape index (κ2) is 35.9. The fourth-order valence-electron chi connectivity index (χ4n) is 5.99. The molecule has 0 amide bonds. The molecule has 0 saturated carbocycles.